The highest BCUT2D eigenvalue weighted by Gasteiger charge is 2.41. The Morgan fingerprint density at radius 2 is 1.70 bits per heavy atom. The van der Waals surface area contributed by atoms with Gasteiger partial charge in [0.05, 0.1) is 0 Å². The lowest BCUT2D eigenvalue weighted by Crippen LogP contribution is -2.44. The molecule has 112 valence electrons. The summed E-state index contributed by atoms with van der Waals surface area (Å²) in [6.45, 7) is 14.8. The molecule has 0 heterocycles. The third kappa shape index (κ3) is 4.09. The van der Waals surface area contributed by atoms with E-state index in [1.807, 2.05) is 0 Å². The fraction of sp³-hybridized carbons (Fsp3) is 0.684. The van der Waals surface area contributed by atoms with Crippen LogP contribution in [0, 0.1) is 25.2 Å². The Labute approximate surface area is 125 Å². The molecule has 20 heavy (non-hydrogen) atoms. The van der Waals surface area contributed by atoms with Gasteiger partial charge in [-0.2, -0.15) is 0 Å². The molecule has 1 unspecified atom stereocenters. The normalized spacial score (nSPS) is 18.9. The van der Waals surface area contributed by atoms with Crippen molar-refractivity contribution >= 4 is 0 Å². The minimum Gasteiger partial charge on any atom is -0.312 e. The molecular formula is C19H31N. The van der Waals surface area contributed by atoms with E-state index in [9.17, 15) is 0 Å². The smallest absolute Gasteiger partial charge is 0.00967 e. The Morgan fingerprint density at radius 3 is 2.20 bits per heavy atom. The summed E-state index contributed by atoms with van der Waals surface area (Å²) in [6, 6.07) is 6.97. The van der Waals surface area contributed by atoms with Gasteiger partial charge in [0.25, 0.3) is 0 Å². The first-order chi connectivity index (χ1) is 9.20. The summed E-state index contributed by atoms with van der Waals surface area (Å²) in [6.07, 6.45) is 4.02. The topological polar surface area (TPSA) is 12.0 Å². The predicted octanol–water partition coefficient (Wildman–Crippen LogP) is 4.65. The summed E-state index contributed by atoms with van der Waals surface area (Å²) < 4.78 is 0. The fourth-order valence-electron chi connectivity index (χ4n) is 2.98. The molecule has 0 amide bonds. The van der Waals surface area contributed by atoms with Crippen LogP contribution in [0.4, 0.5) is 0 Å². The molecule has 0 spiro atoms. The lowest BCUT2D eigenvalue weighted by atomic mass is 9.78. The molecule has 1 atom stereocenters. The minimum atomic E-state index is 0.208. The molecule has 1 heteroatoms. The van der Waals surface area contributed by atoms with Crippen molar-refractivity contribution in [2.75, 3.05) is 6.54 Å². The van der Waals surface area contributed by atoms with Gasteiger partial charge in [-0.05, 0) is 81.9 Å². The van der Waals surface area contributed by atoms with Crippen LogP contribution in [0.15, 0.2) is 18.2 Å². The summed E-state index contributed by atoms with van der Waals surface area (Å²) in [5.74, 6) is 0.902. The molecule has 2 rings (SSSR count). The van der Waals surface area contributed by atoms with Gasteiger partial charge in [-0.25, -0.2) is 0 Å². The molecule has 0 aliphatic heterocycles. The number of hydrogen-bond acceptors (Lipinski definition) is 1. The molecule has 1 aliphatic carbocycles. The summed E-state index contributed by atoms with van der Waals surface area (Å²) >= 11 is 0. The average molecular weight is 273 g/mol. The highest BCUT2D eigenvalue weighted by atomic mass is 15.0. The molecule has 0 saturated heterocycles. The predicted molar refractivity (Wildman–Crippen MR) is 88.2 cm³/mol. The first-order valence-corrected chi connectivity index (χ1v) is 8.01. The van der Waals surface area contributed by atoms with Crippen molar-refractivity contribution < 1.29 is 0 Å². The molecule has 1 nitrogen and oxygen atoms in total. The van der Waals surface area contributed by atoms with E-state index in [4.69, 9.17) is 0 Å². The summed E-state index contributed by atoms with van der Waals surface area (Å²) in [5, 5.41) is 3.73. The zero-order valence-electron chi connectivity index (χ0n) is 14.1. The Hall–Kier alpha value is -0.820. The van der Waals surface area contributed by atoms with Gasteiger partial charge in [0.2, 0.25) is 0 Å². The molecule has 0 aromatic heterocycles. The summed E-state index contributed by atoms with van der Waals surface area (Å²) in [4.78, 5) is 0. The maximum absolute atomic E-state index is 3.73. The van der Waals surface area contributed by atoms with Crippen molar-refractivity contribution in [3.8, 4) is 0 Å². The van der Waals surface area contributed by atoms with Gasteiger partial charge in [-0.1, -0.05) is 25.1 Å². The molecule has 1 aromatic rings. The van der Waals surface area contributed by atoms with Crippen molar-refractivity contribution in [2.45, 2.75) is 66.3 Å². The maximum Gasteiger partial charge on any atom is 0.00967 e. The van der Waals surface area contributed by atoms with Crippen LogP contribution in [0.5, 0.6) is 0 Å². The fourth-order valence-corrected chi connectivity index (χ4v) is 2.98. The second kappa shape index (κ2) is 5.52. The highest BCUT2D eigenvalue weighted by molar-refractivity contribution is 5.30. The molecule has 0 bridgehead atoms. The van der Waals surface area contributed by atoms with Crippen LogP contribution >= 0.6 is 0 Å². The standard InChI is InChI=1S/C19H31N/c1-14-7-8-16(11-15(14)2)12-19(6,17-9-10-17)13-20-18(3,4)5/h7-8,11,17,20H,9-10,12-13H2,1-6H3. The Morgan fingerprint density at radius 1 is 1.05 bits per heavy atom. The Kier molecular flexibility index (Phi) is 4.30. The number of benzene rings is 1. The van der Waals surface area contributed by atoms with E-state index in [1.165, 1.54) is 36.0 Å². The van der Waals surface area contributed by atoms with Gasteiger partial charge in [-0.15, -0.1) is 0 Å². The number of hydrogen-bond donors (Lipinski definition) is 1. The Bertz CT molecular complexity index is 465. The second-order valence-electron chi connectivity index (χ2n) is 8.13. The van der Waals surface area contributed by atoms with Crippen molar-refractivity contribution in [2.24, 2.45) is 11.3 Å². The van der Waals surface area contributed by atoms with E-state index in [0.717, 1.165) is 12.5 Å². The quantitative estimate of drug-likeness (QED) is 0.823. The van der Waals surface area contributed by atoms with Crippen LogP contribution < -0.4 is 5.32 Å². The first kappa shape index (κ1) is 15.6. The van der Waals surface area contributed by atoms with E-state index in [-0.39, 0.29) is 5.54 Å². The van der Waals surface area contributed by atoms with Gasteiger partial charge < -0.3 is 5.32 Å². The third-order valence-electron chi connectivity index (χ3n) is 4.76. The SMILES string of the molecule is Cc1ccc(CC(C)(CNC(C)(C)C)C2CC2)cc1C. The zero-order chi connectivity index (χ0) is 15.0. The molecular weight excluding hydrogens is 242 g/mol. The van der Waals surface area contributed by atoms with Crippen LogP contribution in [-0.4, -0.2) is 12.1 Å². The molecule has 1 N–H and O–H groups in total. The van der Waals surface area contributed by atoms with Gasteiger partial charge in [0.15, 0.2) is 0 Å². The van der Waals surface area contributed by atoms with Gasteiger partial charge in [0.1, 0.15) is 0 Å². The number of nitrogens with one attached hydrogen (secondary N) is 1. The van der Waals surface area contributed by atoms with E-state index in [0.29, 0.717) is 5.41 Å². The van der Waals surface area contributed by atoms with E-state index in [2.05, 4.69) is 65.1 Å². The van der Waals surface area contributed by atoms with Crippen LogP contribution in [-0.2, 0) is 6.42 Å². The zero-order valence-corrected chi connectivity index (χ0v) is 14.1. The lowest BCUT2D eigenvalue weighted by Gasteiger charge is -2.34. The maximum atomic E-state index is 3.73. The Balaban J connectivity index is 2.10. The van der Waals surface area contributed by atoms with Crippen molar-refractivity contribution in [3.05, 3.63) is 34.9 Å². The van der Waals surface area contributed by atoms with E-state index in [1.54, 1.807) is 0 Å². The van der Waals surface area contributed by atoms with E-state index < -0.39 is 0 Å². The van der Waals surface area contributed by atoms with Crippen molar-refractivity contribution in [1.29, 1.82) is 0 Å². The molecule has 1 aliphatic rings. The van der Waals surface area contributed by atoms with Crippen LogP contribution in [0.25, 0.3) is 0 Å². The van der Waals surface area contributed by atoms with Gasteiger partial charge in [-0.3, -0.25) is 0 Å². The molecule has 1 saturated carbocycles. The first-order valence-electron chi connectivity index (χ1n) is 8.01. The highest BCUT2D eigenvalue weighted by Crippen LogP contribution is 2.47. The number of rotatable bonds is 5. The van der Waals surface area contributed by atoms with Gasteiger partial charge in [0, 0.05) is 12.1 Å². The molecule has 1 fully saturated rings. The number of aryl methyl sites for hydroxylation is 2. The lowest BCUT2D eigenvalue weighted by molar-refractivity contribution is 0.227. The van der Waals surface area contributed by atoms with Crippen molar-refractivity contribution in [3.63, 3.8) is 0 Å². The average Bonchev–Trinajstić information content (AvgIpc) is 3.15. The third-order valence-corrected chi connectivity index (χ3v) is 4.76. The molecule has 1 aromatic carbocycles. The minimum absolute atomic E-state index is 0.208. The van der Waals surface area contributed by atoms with Crippen LogP contribution in [0.3, 0.4) is 0 Å². The largest absolute Gasteiger partial charge is 0.312 e. The van der Waals surface area contributed by atoms with E-state index >= 15 is 0 Å². The van der Waals surface area contributed by atoms with Crippen LogP contribution in [0.1, 0.15) is 57.2 Å². The summed E-state index contributed by atoms with van der Waals surface area (Å²) in [5.41, 5.74) is 4.92. The monoisotopic (exact) mass is 273 g/mol. The van der Waals surface area contributed by atoms with Crippen LogP contribution in [0.2, 0.25) is 0 Å². The summed E-state index contributed by atoms with van der Waals surface area (Å²) in [7, 11) is 0. The van der Waals surface area contributed by atoms with Gasteiger partial charge >= 0.3 is 0 Å². The van der Waals surface area contributed by atoms with Crippen molar-refractivity contribution in [1.82, 2.24) is 5.32 Å². The second-order valence-corrected chi connectivity index (χ2v) is 8.13. The molecule has 0 radical (unpaired) electrons.